The van der Waals surface area contributed by atoms with Gasteiger partial charge in [0.1, 0.15) is 0 Å². The third-order valence-electron chi connectivity index (χ3n) is 4.68. The van der Waals surface area contributed by atoms with E-state index in [2.05, 4.69) is 6.92 Å². The maximum Gasteiger partial charge on any atom is 0.177 e. The van der Waals surface area contributed by atoms with Crippen molar-refractivity contribution in [3.05, 3.63) is 11.1 Å². The van der Waals surface area contributed by atoms with Crippen LogP contribution in [0.5, 0.6) is 0 Å². The Labute approximate surface area is 101 Å². The van der Waals surface area contributed by atoms with Gasteiger partial charge in [-0.15, -0.1) is 0 Å². The molecule has 1 aliphatic heterocycles. The quantitative estimate of drug-likeness (QED) is 0.745. The highest BCUT2D eigenvalue weighted by molar-refractivity contribution is 5.97. The van der Waals surface area contributed by atoms with Crippen molar-refractivity contribution in [1.29, 1.82) is 0 Å². The third kappa shape index (κ3) is 1.32. The number of fused-ring (bicyclic) bond motifs is 2. The molecule has 4 heteroatoms. The number of Topliss-reactive ketones (excluding diaryl/α,β-unsaturated/α-hetero) is 1. The van der Waals surface area contributed by atoms with E-state index in [0.29, 0.717) is 25.2 Å². The molecule has 0 aromatic heterocycles. The molecule has 1 spiro atoms. The number of carbonyl (C=O) groups is 1. The summed E-state index contributed by atoms with van der Waals surface area (Å²) in [6.07, 6.45) is 2.86. The Morgan fingerprint density at radius 3 is 2.59 bits per heavy atom. The average molecular weight is 238 g/mol. The van der Waals surface area contributed by atoms with Gasteiger partial charge in [-0.05, 0) is 18.4 Å². The molecule has 1 heterocycles. The molecule has 0 amide bonds. The summed E-state index contributed by atoms with van der Waals surface area (Å²) in [4.78, 5) is 11.8. The zero-order chi connectivity index (χ0) is 12.1. The number of rotatable bonds is 1. The Kier molecular flexibility index (Phi) is 2.44. The first kappa shape index (κ1) is 11.4. The van der Waals surface area contributed by atoms with E-state index in [1.807, 2.05) is 0 Å². The molecule has 1 unspecified atom stereocenters. The minimum Gasteiger partial charge on any atom is -0.392 e. The van der Waals surface area contributed by atoms with Crippen LogP contribution in [0.1, 0.15) is 32.6 Å². The van der Waals surface area contributed by atoms with Gasteiger partial charge in [0, 0.05) is 23.8 Å². The van der Waals surface area contributed by atoms with E-state index in [-0.39, 0.29) is 17.8 Å². The Balaban J connectivity index is 2.09. The standard InChI is InChI=1S/C13H18O4/c1-12-4-3-11(15)9(8-14)10(12)2-5-13(12)16-6-7-17-13/h14H,2-8H2,1H3. The fraction of sp³-hybridized carbons (Fsp3) is 0.769. The average Bonchev–Trinajstić information content (AvgIpc) is 2.90. The number of hydrogen-bond donors (Lipinski definition) is 1. The van der Waals surface area contributed by atoms with Crippen molar-refractivity contribution in [2.75, 3.05) is 19.8 Å². The van der Waals surface area contributed by atoms with Crippen LogP contribution in [-0.4, -0.2) is 36.5 Å². The maximum atomic E-state index is 11.8. The molecule has 0 bridgehead atoms. The fourth-order valence-corrected chi connectivity index (χ4v) is 3.68. The minimum absolute atomic E-state index is 0.0926. The van der Waals surface area contributed by atoms with Gasteiger partial charge in [0.2, 0.25) is 0 Å². The SMILES string of the molecule is CC12CCC(=O)C(CO)=C1CCC21OCCO1. The zero-order valence-electron chi connectivity index (χ0n) is 10.1. The summed E-state index contributed by atoms with van der Waals surface area (Å²) in [7, 11) is 0. The zero-order valence-corrected chi connectivity index (χ0v) is 10.1. The summed E-state index contributed by atoms with van der Waals surface area (Å²) in [5.41, 5.74) is 1.45. The first-order valence-electron chi connectivity index (χ1n) is 6.27. The van der Waals surface area contributed by atoms with Crippen molar-refractivity contribution in [3.63, 3.8) is 0 Å². The van der Waals surface area contributed by atoms with Crippen LogP contribution in [0.25, 0.3) is 0 Å². The Bertz CT molecular complexity index is 392. The van der Waals surface area contributed by atoms with Crippen molar-refractivity contribution in [2.24, 2.45) is 5.41 Å². The molecule has 3 aliphatic rings. The Morgan fingerprint density at radius 1 is 1.24 bits per heavy atom. The molecule has 2 fully saturated rings. The van der Waals surface area contributed by atoms with Crippen LogP contribution >= 0.6 is 0 Å². The first-order chi connectivity index (χ1) is 8.13. The van der Waals surface area contributed by atoms with Crippen LogP contribution < -0.4 is 0 Å². The highest BCUT2D eigenvalue weighted by Crippen LogP contribution is 2.59. The highest BCUT2D eigenvalue weighted by atomic mass is 16.7. The second-order valence-corrected chi connectivity index (χ2v) is 5.32. The van der Waals surface area contributed by atoms with E-state index >= 15 is 0 Å². The van der Waals surface area contributed by atoms with Crippen molar-refractivity contribution in [1.82, 2.24) is 0 Å². The van der Waals surface area contributed by atoms with Gasteiger partial charge in [-0.25, -0.2) is 0 Å². The molecule has 4 nitrogen and oxygen atoms in total. The molecule has 1 saturated heterocycles. The van der Waals surface area contributed by atoms with Gasteiger partial charge in [-0.2, -0.15) is 0 Å². The smallest absolute Gasteiger partial charge is 0.177 e. The lowest BCUT2D eigenvalue weighted by atomic mass is 9.70. The monoisotopic (exact) mass is 238 g/mol. The number of ketones is 1. The van der Waals surface area contributed by atoms with Crippen LogP contribution in [0.2, 0.25) is 0 Å². The summed E-state index contributed by atoms with van der Waals surface area (Å²) in [5.74, 6) is -0.446. The first-order valence-corrected chi connectivity index (χ1v) is 6.27. The molecule has 1 N–H and O–H groups in total. The molecule has 3 rings (SSSR count). The van der Waals surface area contributed by atoms with E-state index in [4.69, 9.17) is 9.47 Å². The molecule has 2 aliphatic carbocycles. The molecule has 0 aromatic carbocycles. The lowest BCUT2D eigenvalue weighted by Crippen LogP contribution is -2.46. The molecule has 94 valence electrons. The van der Waals surface area contributed by atoms with E-state index in [1.54, 1.807) is 0 Å². The van der Waals surface area contributed by atoms with Crippen LogP contribution in [0.4, 0.5) is 0 Å². The predicted molar refractivity (Wildman–Crippen MR) is 60.3 cm³/mol. The predicted octanol–water partition coefficient (Wildman–Crippen LogP) is 1.18. The van der Waals surface area contributed by atoms with Gasteiger partial charge in [0.25, 0.3) is 0 Å². The van der Waals surface area contributed by atoms with Crippen molar-refractivity contribution < 1.29 is 19.4 Å². The van der Waals surface area contributed by atoms with E-state index < -0.39 is 5.79 Å². The van der Waals surface area contributed by atoms with Gasteiger partial charge in [-0.1, -0.05) is 6.92 Å². The van der Waals surface area contributed by atoms with Gasteiger partial charge < -0.3 is 14.6 Å². The molecular weight excluding hydrogens is 220 g/mol. The summed E-state index contributed by atoms with van der Waals surface area (Å²) in [6.45, 7) is 3.22. The highest BCUT2D eigenvalue weighted by Gasteiger charge is 2.60. The molecule has 0 aromatic rings. The minimum atomic E-state index is -0.538. The summed E-state index contributed by atoms with van der Waals surface area (Å²) < 4.78 is 11.7. The Morgan fingerprint density at radius 2 is 1.94 bits per heavy atom. The fourth-order valence-electron chi connectivity index (χ4n) is 3.68. The summed E-state index contributed by atoms with van der Waals surface area (Å²) in [6, 6.07) is 0. The lowest BCUT2D eigenvalue weighted by Gasteiger charge is -2.42. The summed E-state index contributed by atoms with van der Waals surface area (Å²) in [5, 5.41) is 9.39. The summed E-state index contributed by atoms with van der Waals surface area (Å²) >= 11 is 0. The number of aliphatic hydroxyl groups excluding tert-OH is 1. The van der Waals surface area contributed by atoms with E-state index in [1.165, 1.54) is 0 Å². The van der Waals surface area contributed by atoms with E-state index in [0.717, 1.165) is 24.8 Å². The van der Waals surface area contributed by atoms with Crippen LogP contribution in [0, 0.1) is 5.41 Å². The third-order valence-corrected chi connectivity index (χ3v) is 4.68. The number of aliphatic hydroxyl groups is 1. The Hall–Kier alpha value is -0.710. The molecule has 0 radical (unpaired) electrons. The largest absolute Gasteiger partial charge is 0.392 e. The van der Waals surface area contributed by atoms with Crippen molar-refractivity contribution in [3.8, 4) is 0 Å². The number of carbonyl (C=O) groups excluding carboxylic acids is 1. The van der Waals surface area contributed by atoms with Crippen LogP contribution in [0.15, 0.2) is 11.1 Å². The molecular formula is C13H18O4. The molecule has 17 heavy (non-hydrogen) atoms. The van der Waals surface area contributed by atoms with E-state index in [9.17, 15) is 9.90 Å². The van der Waals surface area contributed by atoms with Crippen LogP contribution in [0.3, 0.4) is 0 Å². The topological polar surface area (TPSA) is 55.8 Å². The second kappa shape index (κ2) is 3.64. The van der Waals surface area contributed by atoms with Gasteiger partial charge in [0.15, 0.2) is 11.6 Å². The number of ether oxygens (including phenoxy) is 2. The molecule has 1 saturated carbocycles. The normalized spacial score (nSPS) is 35.8. The number of hydrogen-bond acceptors (Lipinski definition) is 4. The van der Waals surface area contributed by atoms with Crippen molar-refractivity contribution >= 4 is 5.78 Å². The molecule has 1 atom stereocenters. The van der Waals surface area contributed by atoms with Gasteiger partial charge in [-0.3, -0.25) is 4.79 Å². The second-order valence-electron chi connectivity index (χ2n) is 5.32. The van der Waals surface area contributed by atoms with Gasteiger partial charge >= 0.3 is 0 Å². The maximum absolute atomic E-state index is 11.8. The van der Waals surface area contributed by atoms with Gasteiger partial charge in [0.05, 0.1) is 19.8 Å². The van der Waals surface area contributed by atoms with Crippen molar-refractivity contribution in [2.45, 2.75) is 38.4 Å². The lowest BCUT2D eigenvalue weighted by molar-refractivity contribution is -0.211. The van der Waals surface area contributed by atoms with Crippen LogP contribution in [-0.2, 0) is 14.3 Å².